The van der Waals surface area contributed by atoms with E-state index in [9.17, 15) is 0 Å². The lowest BCUT2D eigenvalue weighted by atomic mass is 9.82. The zero-order valence-electron chi connectivity index (χ0n) is 15.0. The van der Waals surface area contributed by atoms with Crippen LogP contribution in [0.15, 0.2) is 40.4 Å². The lowest BCUT2D eigenvalue weighted by Gasteiger charge is -2.35. The van der Waals surface area contributed by atoms with Crippen molar-refractivity contribution in [2.45, 2.75) is 53.5 Å². The second-order valence-corrected chi connectivity index (χ2v) is 8.75. The fourth-order valence-corrected chi connectivity index (χ4v) is 3.63. The molecule has 1 aromatic rings. The van der Waals surface area contributed by atoms with Crippen molar-refractivity contribution >= 4 is 22.9 Å². The fraction of sp³-hybridized carbons (Fsp3) is 0.526. The van der Waals surface area contributed by atoms with Crippen LogP contribution < -0.4 is 5.32 Å². The summed E-state index contributed by atoms with van der Waals surface area (Å²) in [5.41, 5.74) is 1.51. The molecule has 0 unspecified atom stereocenters. The van der Waals surface area contributed by atoms with Gasteiger partial charge in [0.1, 0.15) is 0 Å². The summed E-state index contributed by atoms with van der Waals surface area (Å²) in [4.78, 5) is 4.27. The van der Waals surface area contributed by atoms with Crippen LogP contribution in [0.25, 0.3) is 6.08 Å². The molecule has 0 aliphatic rings. The molecule has 3 heteroatoms. The van der Waals surface area contributed by atoms with Crippen molar-refractivity contribution in [2.75, 3.05) is 7.05 Å². The third-order valence-corrected chi connectivity index (χ3v) is 4.02. The normalized spacial score (nSPS) is 14.1. The Morgan fingerprint density at radius 2 is 1.73 bits per heavy atom. The Labute approximate surface area is 140 Å². The van der Waals surface area contributed by atoms with Gasteiger partial charge in [0.05, 0.1) is 10.1 Å². The number of nitrogens with zero attached hydrogens (tertiary/aromatic N) is 1. The summed E-state index contributed by atoms with van der Waals surface area (Å²) in [6.45, 7) is 13.4. The van der Waals surface area contributed by atoms with Crippen LogP contribution in [0.1, 0.15) is 53.5 Å². The molecule has 2 nitrogen and oxygen atoms in total. The first-order valence-corrected chi connectivity index (χ1v) is 8.59. The maximum Gasteiger partial charge on any atom is 0.0751 e. The molecule has 0 aliphatic heterocycles. The maximum absolute atomic E-state index is 4.27. The number of benzene rings is 1. The standard InChI is InChI=1S/C19H30N2S/c1-15(20-7)22-17(13-16-11-9-8-10-12-16)21-19(5,6)14-18(2,3)4/h8-13,21H,14H2,1-7H3/b17-13+,20-15?. The Morgan fingerprint density at radius 3 is 2.23 bits per heavy atom. The maximum atomic E-state index is 4.27. The van der Waals surface area contributed by atoms with E-state index in [0.717, 1.165) is 16.5 Å². The summed E-state index contributed by atoms with van der Waals surface area (Å²) in [7, 11) is 1.84. The number of thioether (sulfide) groups is 1. The predicted octanol–water partition coefficient (Wildman–Crippen LogP) is 5.57. The van der Waals surface area contributed by atoms with E-state index in [1.807, 2.05) is 20.0 Å². The number of hydrogen-bond donors (Lipinski definition) is 1. The third kappa shape index (κ3) is 7.69. The number of rotatable bonds is 5. The van der Waals surface area contributed by atoms with Gasteiger partial charge in [0.25, 0.3) is 0 Å². The molecule has 0 saturated heterocycles. The molecule has 0 fully saturated rings. The molecule has 0 amide bonds. The minimum Gasteiger partial charge on any atom is -0.375 e. The van der Waals surface area contributed by atoms with Crippen molar-refractivity contribution in [1.29, 1.82) is 0 Å². The second kappa shape index (κ2) is 7.87. The van der Waals surface area contributed by atoms with E-state index in [1.165, 1.54) is 5.56 Å². The Kier molecular flexibility index (Phi) is 6.73. The highest BCUT2D eigenvalue weighted by Crippen LogP contribution is 2.30. The highest BCUT2D eigenvalue weighted by atomic mass is 32.2. The quantitative estimate of drug-likeness (QED) is 0.567. The number of hydrogen-bond acceptors (Lipinski definition) is 3. The van der Waals surface area contributed by atoms with Crippen molar-refractivity contribution in [1.82, 2.24) is 5.32 Å². The van der Waals surface area contributed by atoms with Gasteiger partial charge in [-0.05, 0) is 44.2 Å². The third-order valence-electron chi connectivity index (χ3n) is 3.10. The first kappa shape index (κ1) is 18.8. The molecule has 0 bridgehead atoms. The highest BCUT2D eigenvalue weighted by molar-refractivity contribution is 8.17. The van der Waals surface area contributed by atoms with Gasteiger partial charge in [-0.3, -0.25) is 4.99 Å². The lowest BCUT2D eigenvalue weighted by Crippen LogP contribution is -2.41. The molecular weight excluding hydrogens is 288 g/mol. The van der Waals surface area contributed by atoms with Gasteiger partial charge in [0.2, 0.25) is 0 Å². The molecule has 22 heavy (non-hydrogen) atoms. The van der Waals surface area contributed by atoms with Crippen LogP contribution >= 0.6 is 11.8 Å². The van der Waals surface area contributed by atoms with Crippen LogP contribution in [-0.4, -0.2) is 17.6 Å². The smallest absolute Gasteiger partial charge is 0.0751 e. The Morgan fingerprint density at radius 1 is 1.14 bits per heavy atom. The molecule has 0 heterocycles. The Balaban J connectivity index is 2.99. The van der Waals surface area contributed by atoms with Crippen LogP contribution in [0.2, 0.25) is 0 Å². The molecule has 0 radical (unpaired) electrons. The highest BCUT2D eigenvalue weighted by Gasteiger charge is 2.26. The van der Waals surface area contributed by atoms with Crippen molar-refractivity contribution in [3.05, 3.63) is 40.9 Å². The molecule has 0 saturated carbocycles. The second-order valence-electron chi connectivity index (χ2n) is 7.51. The summed E-state index contributed by atoms with van der Waals surface area (Å²) >= 11 is 1.69. The van der Waals surface area contributed by atoms with Gasteiger partial charge >= 0.3 is 0 Å². The summed E-state index contributed by atoms with van der Waals surface area (Å²) < 4.78 is 0. The summed E-state index contributed by atoms with van der Waals surface area (Å²) in [6.07, 6.45) is 3.29. The zero-order chi connectivity index (χ0) is 16.8. The van der Waals surface area contributed by atoms with Gasteiger partial charge in [0.15, 0.2) is 0 Å². The van der Waals surface area contributed by atoms with Crippen molar-refractivity contribution in [2.24, 2.45) is 10.4 Å². The molecular formula is C19H30N2S. The van der Waals surface area contributed by atoms with Crippen LogP contribution in [-0.2, 0) is 0 Å². The minimum absolute atomic E-state index is 0.0277. The molecule has 1 aromatic carbocycles. The molecule has 1 N–H and O–H groups in total. The average Bonchev–Trinajstić information content (AvgIpc) is 2.36. The van der Waals surface area contributed by atoms with Gasteiger partial charge < -0.3 is 5.32 Å². The number of aliphatic imine (C=N–C) groups is 1. The molecule has 1 rings (SSSR count). The fourth-order valence-electron chi connectivity index (χ4n) is 2.70. The van der Waals surface area contributed by atoms with E-state index in [2.05, 4.69) is 75.3 Å². The predicted molar refractivity (Wildman–Crippen MR) is 102 cm³/mol. The van der Waals surface area contributed by atoms with E-state index in [-0.39, 0.29) is 11.0 Å². The van der Waals surface area contributed by atoms with Crippen LogP contribution in [0.5, 0.6) is 0 Å². The first-order valence-electron chi connectivity index (χ1n) is 7.77. The average molecular weight is 319 g/mol. The van der Waals surface area contributed by atoms with Gasteiger partial charge in [-0.15, -0.1) is 0 Å². The van der Waals surface area contributed by atoms with E-state index in [0.29, 0.717) is 0 Å². The van der Waals surface area contributed by atoms with Crippen molar-refractivity contribution in [3.63, 3.8) is 0 Å². The van der Waals surface area contributed by atoms with Crippen LogP contribution in [0.3, 0.4) is 0 Å². The SMILES string of the molecule is CN=C(C)S/C(=C/c1ccccc1)NC(C)(C)CC(C)(C)C. The van der Waals surface area contributed by atoms with E-state index < -0.39 is 0 Å². The first-order chi connectivity index (χ1) is 10.1. The van der Waals surface area contributed by atoms with Gasteiger partial charge in [-0.2, -0.15) is 0 Å². The van der Waals surface area contributed by atoms with E-state index >= 15 is 0 Å². The minimum atomic E-state index is 0.0277. The topological polar surface area (TPSA) is 24.4 Å². The lowest BCUT2D eigenvalue weighted by molar-refractivity contribution is 0.260. The molecule has 0 aliphatic carbocycles. The molecule has 0 aromatic heterocycles. The molecule has 0 atom stereocenters. The molecule has 0 spiro atoms. The Bertz CT molecular complexity index is 522. The van der Waals surface area contributed by atoms with Gasteiger partial charge in [0, 0.05) is 12.6 Å². The van der Waals surface area contributed by atoms with Crippen molar-refractivity contribution in [3.8, 4) is 0 Å². The van der Waals surface area contributed by atoms with Crippen LogP contribution in [0.4, 0.5) is 0 Å². The summed E-state index contributed by atoms with van der Waals surface area (Å²) in [5.74, 6) is 0. The van der Waals surface area contributed by atoms with Gasteiger partial charge in [-0.25, -0.2) is 0 Å². The van der Waals surface area contributed by atoms with Crippen molar-refractivity contribution < 1.29 is 0 Å². The van der Waals surface area contributed by atoms with Crippen LogP contribution in [0, 0.1) is 5.41 Å². The summed E-state index contributed by atoms with van der Waals surface area (Å²) in [5, 5.41) is 5.91. The number of nitrogens with one attached hydrogen (secondary N) is 1. The Hall–Kier alpha value is -1.22. The molecule has 122 valence electrons. The zero-order valence-corrected chi connectivity index (χ0v) is 15.8. The van der Waals surface area contributed by atoms with E-state index in [1.54, 1.807) is 11.8 Å². The van der Waals surface area contributed by atoms with Gasteiger partial charge in [-0.1, -0.05) is 62.9 Å². The summed E-state index contributed by atoms with van der Waals surface area (Å²) in [6, 6.07) is 10.4. The largest absolute Gasteiger partial charge is 0.375 e. The van der Waals surface area contributed by atoms with E-state index in [4.69, 9.17) is 0 Å². The monoisotopic (exact) mass is 318 g/mol.